The number of carbonyl (C=O) groups excluding carboxylic acids is 1. The van der Waals surface area contributed by atoms with E-state index in [4.69, 9.17) is 17.3 Å². The van der Waals surface area contributed by atoms with Crippen molar-refractivity contribution in [2.24, 2.45) is 0 Å². The summed E-state index contributed by atoms with van der Waals surface area (Å²) in [5.41, 5.74) is 6.96. The summed E-state index contributed by atoms with van der Waals surface area (Å²) in [7, 11) is 0. The molecule has 1 aromatic rings. The molecule has 0 fully saturated rings. The first-order chi connectivity index (χ1) is 7.59. The topological polar surface area (TPSA) is 55.1 Å². The van der Waals surface area contributed by atoms with E-state index >= 15 is 0 Å². The van der Waals surface area contributed by atoms with Crippen LogP contribution in [0.25, 0.3) is 0 Å². The van der Waals surface area contributed by atoms with E-state index in [1.807, 2.05) is 0 Å². The first-order valence-electron chi connectivity index (χ1n) is 4.88. The number of nitrogens with one attached hydrogen (secondary N) is 1. The monoisotopic (exact) mass is 236 g/mol. The van der Waals surface area contributed by atoms with E-state index in [-0.39, 0.29) is 5.91 Å². The van der Waals surface area contributed by atoms with Crippen molar-refractivity contribution < 1.29 is 4.79 Å². The van der Waals surface area contributed by atoms with Crippen molar-refractivity contribution in [3.63, 3.8) is 0 Å². The summed E-state index contributed by atoms with van der Waals surface area (Å²) < 4.78 is 0. The summed E-state index contributed by atoms with van der Waals surface area (Å²) in [6.07, 6.45) is 0.588. The number of halogens is 1. The second-order valence-corrected chi connectivity index (χ2v) is 3.68. The molecule has 84 valence electrons. The normalized spacial score (nSPS) is 9.12. The lowest BCUT2D eigenvalue weighted by Crippen LogP contribution is -2.20. The van der Waals surface area contributed by atoms with Crippen molar-refractivity contribution >= 4 is 23.2 Å². The quantitative estimate of drug-likeness (QED) is 0.467. The van der Waals surface area contributed by atoms with E-state index in [2.05, 4.69) is 17.2 Å². The van der Waals surface area contributed by atoms with E-state index in [0.717, 1.165) is 0 Å². The molecule has 0 aliphatic heterocycles. The molecule has 0 aliphatic carbocycles. The summed E-state index contributed by atoms with van der Waals surface area (Å²) in [6.45, 7) is 2.02. The summed E-state index contributed by atoms with van der Waals surface area (Å²) >= 11 is 5.93. The molecule has 0 radical (unpaired) electrons. The van der Waals surface area contributed by atoms with E-state index in [0.29, 0.717) is 29.2 Å². The smallest absolute Gasteiger partial charge is 0.216 e. The highest BCUT2D eigenvalue weighted by Gasteiger charge is 1.96. The van der Waals surface area contributed by atoms with Gasteiger partial charge in [0, 0.05) is 31.1 Å². The SMILES string of the molecule is CC(=O)NCCC#Cc1cc(N)ccc1Cl. The predicted octanol–water partition coefficient (Wildman–Crippen LogP) is 1.80. The van der Waals surface area contributed by atoms with E-state index < -0.39 is 0 Å². The zero-order chi connectivity index (χ0) is 12.0. The van der Waals surface area contributed by atoms with Gasteiger partial charge in [0.2, 0.25) is 5.91 Å². The summed E-state index contributed by atoms with van der Waals surface area (Å²) in [5.74, 6) is 5.78. The van der Waals surface area contributed by atoms with Crippen LogP contribution in [0.4, 0.5) is 5.69 Å². The van der Waals surface area contributed by atoms with Gasteiger partial charge in [0.15, 0.2) is 0 Å². The van der Waals surface area contributed by atoms with Gasteiger partial charge in [-0.3, -0.25) is 4.79 Å². The molecule has 1 amide bonds. The third-order valence-corrected chi connectivity index (χ3v) is 2.17. The van der Waals surface area contributed by atoms with Crippen molar-refractivity contribution in [1.82, 2.24) is 5.32 Å². The average Bonchev–Trinajstić information content (AvgIpc) is 2.22. The first-order valence-corrected chi connectivity index (χ1v) is 5.25. The van der Waals surface area contributed by atoms with Crippen LogP contribution >= 0.6 is 11.6 Å². The number of rotatable bonds is 2. The zero-order valence-electron chi connectivity index (χ0n) is 9.01. The van der Waals surface area contributed by atoms with Gasteiger partial charge < -0.3 is 11.1 Å². The average molecular weight is 237 g/mol. The van der Waals surface area contributed by atoms with Crippen LogP contribution in [0.3, 0.4) is 0 Å². The third-order valence-electron chi connectivity index (χ3n) is 1.84. The van der Waals surface area contributed by atoms with Gasteiger partial charge in [-0.15, -0.1) is 0 Å². The Morgan fingerprint density at radius 2 is 2.31 bits per heavy atom. The number of benzene rings is 1. The molecule has 0 saturated heterocycles. The molecule has 4 heteroatoms. The molecule has 0 saturated carbocycles. The van der Waals surface area contributed by atoms with Gasteiger partial charge >= 0.3 is 0 Å². The summed E-state index contributed by atoms with van der Waals surface area (Å²) in [6, 6.07) is 5.17. The van der Waals surface area contributed by atoms with Gasteiger partial charge in [0.05, 0.1) is 5.02 Å². The highest BCUT2D eigenvalue weighted by Crippen LogP contribution is 2.17. The van der Waals surface area contributed by atoms with Gasteiger partial charge in [-0.2, -0.15) is 0 Å². The minimum absolute atomic E-state index is 0.0520. The Labute approximate surface area is 100.0 Å². The van der Waals surface area contributed by atoms with Crippen molar-refractivity contribution in [2.75, 3.05) is 12.3 Å². The molecule has 0 unspecified atom stereocenters. The summed E-state index contributed by atoms with van der Waals surface area (Å²) in [4.78, 5) is 10.6. The van der Waals surface area contributed by atoms with Crippen molar-refractivity contribution in [3.05, 3.63) is 28.8 Å². The van der Waals surface area contributed by atoms with Gasteiger partial charge in [-0.05, 0) is 18.2 Å². The summed E-state index contributed by atoms with van der Waals surface area (Å²) in [5, 5.41) is 3.24. The van der Waals surface area contributed by atoms with Crippen molar-refractivity contribution in [3.8, 4) is 11.8 Å². The Morgan fingerprint density at radius 1 is 1.56 bits per heavy atom. The van der Waals surface area contributed by atoms with Gasteiger partial charge in [-0.25, -0.2) is 0 Å². The lowest BCUT2D eigenvalue weighted by atomic mass is 10.2. The predicted molar refractivity (Wildman–Crippen MR) is 66.0 cm³/mol. The second kappa shape index (κ2) is 6.04. The second-order valence-electron chi connectivity index (χ2n) is 3.27. The zero-order valence-corrected chi connectivity index (χ0v) is 9.77. The van der Waals surface area contributed by atoms with Crippen LogP contribution < -0.4 is 11.1 Å². The van der Waals surface area contributed by atoms with Crippen LogP contribution in [0, 0.1) is 11.8 Å². The highest BCUT2D eigenvalue weighted by atomic mass is 35.5. The minimum Gasteiger partial charge on any atom is -0.399 e. The van der Waals surface area contributed by atoms with Crippen LogP contribution in [-0.4, -0.2) is 12.5 Å². The molecular formula is C12H13ClN2O. The maximum atomic E-state index is 10.6. The van der Waals surface area contributed by atoms with Crippen LogP contribution in [0.15, 0.2) is 18.2 Å². The molecule has 3 nitrogen and oxygen atoms in total. The number of nitrogen functional groups attached to an aromatic ring is 1. The van der Waals surface area contributed by atoms with Gasteiger partial charge in [0.1, 0.15) is 0 Å². The Bertz CT molecular complexity index is 446. The number of anilines is 1. The number of hydrogen-bond acceptors (Lipinski definition) is 2. The standard InChI is InChI=1S/C12H13ClN2O/c1-9(16)15-7-3-2-4-10-8-11(14)5-6-12(10)13/h5-6,8H,3,7,14H2,1H3,(H,15,16). The van der Waals surface area contributed by atoms with Gasteiger partial charge in [0.25, 0.3) is 0 Å². The molecule has 1 rings (SSSR count). The Balaban J connectivity index is 2.56. The molecule has 0 spiro atoms. The Kier molecular flexibility index (Phi) is 4.68. The first kappa shape index (κ1) is 12.4. The van der Waals surface area contributed by atoms with Crippen molar-refractivity contribution in [1.29, 1.82) is 0 Å². The number of carbonyl (C=O) groups is 1. The molecule has 0 bridgehead atoms. The molecule has 1 aromatic carbocycles. The molecule has 0 aromatic heterocycles. The fraction of sp³-hybridized carbons (Fsp3) is 0.250. The van der Waals surface area contributed by atoms with E-state index in [1.54, 1.807) is 18.2 Å². The van der Waals surface area contributed by atoms with E-state index in [1.165, 1.54) is 6.92 Å². The van der Waals surface area contributed by atoms with Crippen LogP contribution in [0.2, 0.25) is 5.02 Å². The van der Waals surface area contributed by atoms with Gasteiger partial charge in [-0.1, -0.05) is 23.4 Å². The maximum Gasteiger partial charge on any atom is 0.216 e. The van der Waals surface area contributed by atoms with Crippen LogP contribution in [0.5, 0.6) is 0 Å². The Morgan fingerprint density at radius 3 is 3.00 bits per heavy atom. The molecule has 3 N–H and O–H groups in total. The Hall–Kier alpha value is -1.66. The highest BCUT2D eigenvalue weighted by molar-refractivity contribution is 6.31. The van der Waals surface area contributed by atoms with Crippen LogP contribution in [0.1, 0.15) is 18.9 Å². The molecular weight excluding hydrogens is 224 g/mol. The van der Waals surface area contributed by atoms with Crippen molar-refractivity contribution in [2.45, 2.75) is 13.3 Å². The molecule has 0 heterocycles. The number of hydrogen-bond donors (Lipinski definition) is 2. The fourth-order valence-electron chi connectivity index (χ4n) is 1.10. The molecule has 16 heavy (non-hydrogen) atoms. The lowest BCUT2D eigenvalue weighted by molar-refractivity contribution is -0.118. The minimum atomic E-state index is -0.0520. The third kappa shape index (κ3) is 4.24. The number of nitrogens with two attached hydrogens (primary N) is 1. The molecule has 0 aliphatic rings. The van der Waals surface area contributed by atoms with Crippen LogP contribution in [-0.2, 0) is 4.79 Å². The van der Waals surface area contributed by atoms with E-state index in [9.17, 15) is 4.79 Å². The lowest BCUT2D eigenvalue weighted by Gasteiger charge is -1.97. The molecule has 0 atom stereocenters. The number of amides is 1. The largest absolute Gasteiger partial charge is 0.399 e. The fourth-order valence-corrected chi connectivity index (χ4v) is 1.26. The maximum absolute atomic E-state index is 10.6.